The van der Waals surface area contributed by atoms with Crippen molar-refractivity contribution in [1.82, 2.24) is 5.32 Å². The molecular weight excluding hydrogens is 232 g/mol. The molecule has 1 N–H and O–H groups in total. The van der Waals surface area contributed by atoms with Crippen LogP contribution in [0.1, 0.15) is 0 Å². The Bertz CT molecular complexity index is 302. The van der Waals surface area contributed by atoms with Crippen molar-refractivity contribution < 1.29 is 35.9 Å². The highest BCUT2D eigenvalue weighted by molar-refractivity contribution is 6.06. The molecule has 0 saturated heterocycles. The molecule has 2 amide bonds. The molecule has 0 heterocycles. The molecule has 86 valence electrons. The minimum Gasteiger partial charge on any atom is -0.284 e. The van der Waals surface area contributed by atoms with Crippen LogP contribution in [0.2, 0.25) is 0 Å². The number of carbonyl (C=O) groups is 2. The van der Waals surface area contributed by atoms with Crippen molar-refractivity contribution in [2.75, 3.05) is 0 Å². The number of carbonyl (C=O) groups excluding carboxylic acids is 2. The number of imide groups is 1. The van der Waals surface area contributed by atoms with Crippen molar-refractivity contribution in [3.63, 3.8) is 0 Å². The summed E-state index contributed by atoms with van der Waals surface area (Å²) < 4.78 is 69.6. The summed E-state index contributed by atoms with van der Waals surface area (Å²) in [5.74, 6) is -5.01. The third kappa shape index (κ3) is 4.00. The normalized spacial score (nSPS) is 12.1. The van der Waals surface area contributed by atoms with E-state index in [0.29, 0.717) is 5.32 Å². The Kier molecular flexibility index (Phi) is 3.51. The maximum Gasteiger partial charge on any atom is 0.471 e. The summed E-state index contributed by atoms with van der Waals surface area (Å²) >= 11 is 0. The van der Waals surface area contributed by atoms with Crippen molar-refractivity contribution in [3.05, 3.63) is 12.2 Å². The van der Waals surface area contributed by atoms with Crippen LogP contribution in [0.3, 0.4) is 0 Å². The minimum absolute atomic E-state index is 0.504. The van der Waals surface area contributed by atoms with Crippen LogP contribution in [-0.4, -0.2) is 24.2 Å². The van der Waals surface area contributed by atoms with Crippen molar-refractivity contribution in [2.45, 2.75) is 12.4 Å². The molecule has 0 fully saturated rings. The fourth-order valence-electron chi connectivity index (χ4n) is 0.378. The third-order valence-corrected chi connectivity index (χ3v) is 1.10. The van der Waals surface area contributed by atoms with E-state index in [0.717, 1.165) is 0 Å². The van der Waals surface area contributed by atoms with Gasteiger partial charge in [0.1, 0.15) is 5.57 Å². The summed E-state index contributed by atoms with van der Waals surface area (Å²) in [5, 5.41) is 0.504. The second kappa shape index (κ2) is 3.91. The Morgan fingerprint density at radius 2 is 1.33 bits per heavy atom. The lowest BCUT2D eigenvalue weighted by Crippen LogP contribution is -2.43. The van der Waals surface area contributed by atoms with E-state index >= 15 is 0 Å². The first-order valence-corrected chi connectivity index (χ1v) is 3.15. The summed E-state index contributed by atoms with van der Waals surface area (Å²) in [6.07, 6.45) is -10.6. The zero-order valence-electron chi connectivity index (χ0n) is 6.79. The van der Waals surface area contributed by atoms with Gasteiger partial charge in [-0.2, -0.15) is 26.3 Å². The highest BCUT2D eigenvalue weighted by Crippen LogP contribution is 2.24. The Labute approximate surface area is 78.7 Å². The lowest BCUT2D eigenvalue weighted by atomic mass is 10.3. The van der Waals surface area contributed by atoms with Crippen LogP contribution < -0.4 is 5.32 Å². The molecule has 0 atom stereocenters. The molecule has 0 aliphatic carbocycles. The van der Waals surface area contributed by atoms with Crippen LogP contribution in [0.25, 0.3) is 0 Å². The molecule has 0 spiro atoms. The van der Waals surface area contributed by atoms with E-state index < -0.39 is 29.7 Å². The van der Waals surface area contributed by atoms with Gasteiger partial charge >= 0.3 is 18.3 Å². The molecule has 0 aliphatic heterocycles. The molecule has 0 aromatic rings. The second-order valence-electron chi connectivity index (χ2n) is 2.26. The number of nitrogens with one attached hydrogen (secondary N) is 1. The predicted molar refractivity (Wildman–Crippen MR) is 34.4 cm³/mol. The first-order valence-electron chi connectivity index (χ1n) is 3.15. The Morgan fingerprint density at radius 1 is 0.933 bits per heavy atom. The van der Waals surface area contributed by atoms with Crippen LogP contribution in [0.15, 0.2) is 12.2 Å². The van der Waals surface area contributed by atoms with Gasteiger partial charge in [-0.1, -0.05) is 6.58 Å². The largest absolute Gasteiger partial charge is 0.471 e. The van der Waals surface area contributed by atoms with Crippen molar-refractivity contribution in [2.24, 2.45) is 0 Å². The van der Waals surface area contributed by atoms with E-state index in [2.05, 4.69) is 6.58 Å². The third-order valence-electron chi connectivity index (χ3n) is 1.10. The second-order valence-corrected chi connectivity index (χ2v) is 2.26. The molecule has 15 heavy (non-hydrogen) atoms. The van der Waals surface area contributed by atoms with Crippen LogP contribution in [0.5, 0.6) is 0 Å². The highest BCUT2D eigenvalue weighted by Gasteiger charge is 2.43. The Morgan fingerprint density at radius 3 is 1.60 bits per heavy atom. The van der Waals surface area contributed by atoms with Gasteiger partial charge < -0.3 is 0 Å². The lowest BCUT2D eigenvalue weighted by molar-refractivity contribution is -0.175. The number of alkyl halides is 6. The average molecular weight is 235 g/mol. The molecule has 0 radical (unpaired) electrons. The molecule has 0 aromatic carbocycles. The number of amides is 2. The van der Waals surface area contributed by atoms with E-state index in [1.54, 1.807) is 0 Å². The van der Waals surface area contributed by atoms with Gasteiger partial charge in [0.2, 0.25) is 0 Å². The number of hydrogen-bond acceptors (Lipinski definition) is 2. The smallest absolute Gasteiger partial charge is 0.284 e. The molecule has 0 aromatic heterocycles. The Balaban J connectivity index is 4.54. The Hall–Kier alpha value is -1.54. The number of hydrogen-bond donors (Lipinski definition) is 1. The van der Waals surface area contributed by atoms with Gasteiger partial charge in [0.15, 0.2) is 0 Å². The standard InChI is InChI=1S/C6H3F6NO2/c1-2(5(7,8)9)3(14)13-4(15)6(10,11)12/h1H2,(H,13,14,15). The number of rotatable bonds is 1. The summed E-state index contributed by atoms with van der Waals surface area (Å²) in [6.45, 7) is 2.20. The van der Waals surface area contributed by atoms with E-state index in [1.165, 1.54) is 0 Å². The lowest BCUT2D eigenvalue weighted by Gasteiger charge is -2.10. The summed E-state index contributed by atoms with van der Waals surface area (Å²) in [4.78, 5) is 20.4. The van der Waals surface area contributed by atoms with Gasteiger partial charge in [-0.25, -0.2) is 0 Å². The predicted octanol–water partition coefficient (Wildman–Crippen LogP) is 1.31. The van der Waals surface area contributed by atoms with Crippen molar-refractivity contribution in [1.29, 1.82) is 0 Å². The fourth-order valence-corrected chi connectivity index (χ4v) is 0.378. The van der Waals surface area contributed by atoms with Crippen LogP contribution in [0.4, 0.5) is 26.3 Å². The first-order chi connectivity index (χ1) is 6.46. The molecule has 0 aliphatic rings. The van der Waals surface area contributed by atoms with Gasteiger partial charge in [0.25, 0.3) is 5.91 Å². The zero-order valence-corrected chi connectivity index (χ0v) is 6.79. The highest BCUT2D eigenvalue weighted by atomic mass is 19.4. The van der Waals surface area contributed by atoms with Gasteiger partial charge in [-0.15, -0.1) is 0 Å². The van der Waals surface area contributed by atoms with Gasteiger partial charge in [0, 0.05) is 0 Å². The van der Waals surface area contributed by atoms with E-state index in [1.807, 2.05) is 0 Å². The van der Waals surface area contributed by atoms with E-state index in [4.69, 9.17) is 0 Å². The maximum atomic E-state index is 11.7. The van der Waals surface area contributed by atoms with Crippen LogP contribution in [-0.2, 0) is 9.59 Å². The molecule has 9 heteroatoms. The SMILES string of the molecule is C=C(C(=O)NC(=O)C(F)(F)F)C(F)(F)F. The minimum atomic E-state index is -5.43. The van der Waals surface area contributed by atoms with E-state index in [9.17, 15) is 35.9 Å². The molecule has 0 bridgehead atoms. The maximum absolute atomic E-state index is 11.7. The van der Waals surface area contributed by atoms with E-state index in [-0.39, 0.29) is 0 Å². The van der Waals surface area contributed by atoms with Gasteiger partial charge in [-0.05, 0) is 0 Å². The van der Waals surface area contributed by atoms with Gasteiger partial charge in [0.05, 0.1) is 0 Å². The quantitative estimate of drug-likeness (QED) is 0.550. The topological polar surface area (TPSA) is 46.2 Å². The molecule has 0 rings (SSSR count). The summed E-state index contributed by atoms with van der Waals surface area (Å²) in [5.41, 5.74) is -2.08. The molecular formula is C6H3F6NO2. The fraction of sp³-hybridized carbons (Fsp3) is 0.333. The van der Waals surface area contributed by atoms with Gasteiger partial charge in [-0.3, -0.25) is 14.9 Å². The molecule has 0 saturated carbocycles. The van der Waals surface area contributed by atoms with Crippen LogP contribution >= 0.6 is 0 Å². The number of halogens is 6. The van der Waals surface area contributed by atoms with Crippen molar-refractivity contribution in [3.8, 4) is 0 Å². The monoisotopic (exact) mass is 235 g/mol. The van der Waals surface area contributed by atoms with Crippen molar-refractivity contribution >= 4 is 11.8 Å². The van der Waals surface area contributed by atoms with Crippen LogP contribution in [0, 0.1) is 0 Å². The molecule has 3 nitrogen and oxygen atoms in total. The average Bonchev–Trinajstić information content (AvgIpc) is 1.99. The summed E-state index contributed by atoms with van der Waals surface area (Å²) in [6, 6.07) is 0. The summed E-state index contributed by atoms with van der Waals surface area (Å²) in [7, 11) is 0. The molecule has 0 unspecified atom stereocenters. The zero-order chi connectivity index (χ0) is 12.4. The first kappa shape index (κ1) is 13.5.